The molecule has 0 atom stereocenters. The lowest BCUT2D eigenvalue weighted by atomic mass is 10.3. The maximum Gasteiger partial charge on any atom is 0.148 e. The topological polar surface area (TPSA) is 60.6 Å². The van der Waals surface area contributed by atoms with E-state index in [1.54, 1.807) is 20.7 Å². The van der Waals surface area contributed by atoms with E-state index in [2.05, 4.69) is 20.5 Å². The van der Waals surface area contributed by atoms with E-state index in [1.165, 1.54) is 0 Å². The molecule has 0 aliphatic heterocycles. The SMILES string of the molecule is Cn1cc(-c2csc(CNc3ccn(C)n3)n2)cn1. The van der Waals surface area contributed by atoms with Crippen LogP contribution >= 0.6 is 11.3 Å². The fourth-order valence-electron chi connectivity index (χ4n) is 1.75. The number of aryl methyl sites for hydroxylation is 2. The molecular formula is C12H14N6S. The van der Waals surface area contributed by atoms with Crippen LogP contribution in [0.1, 0.15) is 5.01 Å². The van der Waals surface area contributed by atoms with E-state index in [0.29, 0.717) is 6.54 Å². The van der Waals surface area contributed by atoms with E-state index in [9.17, 15) is 0 Å². The maximum absolute atomic E-state index is 4.58. The van der Waals surface area contributed by atoms with E-state index >= 15 is 0 Å². The molecule has 1 N–H and O–H groups in total. The van der Waals surface area contributed by atoms with Crippen molar-refractivity contribution in [2.24, 2.45) is 14.1 Å². The van der Waals surface area contributed by atoms with Crippen molar-refractivity contribution in [3.05, 3.63) is 35.0 Å². The van der Waals surface area contributed by atoms with Crippen molar-refractivity contribution in [1.82, 2.24) is 24.5 Å². The molecule has 0 fully saturated rings. The molecule has 0 aromatic carbocycles. The Morgan fingerprint density at radius 2 is 2.21 bits per heavy atom. The van der Waals surface area contributed by atoms with E-state index in [-0.39, 0.29) is 0 Å². The predicted molar refractivity (Wildman–Crippen MR) is 74.9 cm³/mol. The molecule has 98 valence electrons. The number of rotatable bonds is 4. The molecule has 0 bridgehead atoms. The van der Waals surface area contributed by atoms with Gasteiger partial charge in [0.05, 0.1) is 18.4 Å². The first-order valence-electron chi connectivity index (χ1n) is 5.87. The van der Waals surface area contributed by atoms with Gasteiger partial charge in [-0.05, 0) is 0 Å². The van der Waals surface area contributed by atoms with Crippen LogP contribution in [-0.4, -0.2) is 24.5 Å². The van der Waals surface area contributed by atoms with Crippen molar-refractivity contribution in [2.75, 3.05) is 5.32 Å². The van der Waals surface area contributed by atoms with Gasteiger partial charge in [-0.2, -0.15) is 10.2 Å². The van der Waals surface area contributed by atoms with E-state index in [0.717, 1.165) is 22.1 Å². The molecule has 0 spiro atoms. The summed E-state index contributed by atoms with van der Waals surface area (Å²) in [5.74, 6) is 0.862. The quantitative estimate of drug-likeness (QED) is 0.789. The second-order valence-electron chi connectivity index (χ2n) is 4.26. The third-order valence-electron chi connectivity index (χ3n) is 2.69. The van der Waals surface area contributed by atoms with Crippen LogP contribution in [0.5, 0.6) is 0 Å². The second-order valence-corrected chi connectivity index (χ2v) is 5.20. The van der Waals surface area contributed by atoms with Crippen molar-refractivity contribution < 1.29 is 0 Å². The molecule has 19 heavy (non-hydrogen) atoms. The Hall–Kier alpha value is -2.15. The van der Waals surface area contributed by atoms with Crippen LogP contribution in [0.25, 0.3) is 11.3 Å². The van der Waals surface area contributed by atoms with E-state index < -0.39 is 0 Å². The summed E-state index contributed by atoms with van der Waals surface area (Å²) in [6.45, 7) is 0.682. The molecule has 3 rings (SSSR count). The highest BCUT2D eigenvalue weighted by Gasteiger charge is 2.06. The van der Waals surface area contributed by atoms with Gasteiger partial charge in [0.25, 0.3) is 0 Å². The molecule has 0 saturated carbocycles. The Kier molecular flexibility index (Phi) is 3.04. The average Bonchev–Trinajstić information content (AvgIpc) is 3.07. The largest absolute Gasteiger partial charge is 0.362 e. The van der Waals surface area contributed by atoms with Crippen molar-refractivity contribution in [1.29, 1.82) is 0 Å². The van der Waals surface area contributed by atoms with Gasteiger partial charge in [-0.15, -0.1) is 11.3 Å². The normalized spacial score (nSPS) is 10.8. The monoisotopic (exact) mass is 274 g/mol. The van der Waals surface area contributed by atoms with Crippen molar-refractivity contribution in [3.63, 3.8) is 0 Å². The van der Waals surface area contributed by atoms with Gasteiger partial charge < -0.3 is 5.32 Å². The predicted octanol–water partition coefficient (Wildman–Crippen LogP) is 1.89. The highest BCUT2D eigenvalue weighted by molar-refractivity contribution is 7.09. The fourth-order valence-corrected chi connectivity index (χ4v) is 2.50. The zero-order valence-electron chi connectivity index (χ0n) is 10.7. The number of nitrogens with one attached hydrogen (secondary N) is 1. The lowest BCUT2D eigenvalue weighted by molar-refractivity contribution is 0.768. The van der Waals surface area contributed by atoms with Crippen LogP contribution in [-0.2, 0) is 20.6 Å². The Morgan fingerprint density at radius 1 is 1.32 bits per heavy atom. The summed E-state index contributed by atoms with van der Waals surface area (Å²) < 4.78 is 3.55. The molecule has 0 aliphatic rings. The van der Waals surface area contributed by atoms with Gasteiger partial charge >= 0.3 is 0 Å². The smallest absolute Gasteiger partial charge is 0.148 e. The minimum Gasteiger partial charge on any atom is -0.362 e. The highest BCUT2D eigenvalue weighted by atomic mass is 32.1. The van der Waals surface area contributed by atoms with Crippen LogP contribution in [0.3, 0.4) is 0 Å². The molecular weight excluding hydrogens is 260 g/mol. The van der Waals surface area contributed by atoms with Gasteiger partial charge in [0, 0.05) is 43.5 Å². The van der Waals surface area contributed by atoms with E-state index in [1.807, 2.05) is 44.1 Å². The molecule has 3 aromatic rings. The van der Waals surface area contributed by atoms with Crippen LogP contribution < -0.4 is 5.32 Å². The zero-order chi connectivity index (χ0) is 13.2. The van der Waals surface area contributed by atoms with Crippen LogP contribution in [0.4, 0.5) is 5.82 Å². The zero-order valence-corrected chi connectivity index (χ0v) is 11.6. The number of thiazole rings is 1. The van der Waals surface area contributed by atoms with Gasteiger partial charge in [-0.25, -0.2) is 4.98 Å². The number of aromatic nitrogens is 5. The number of hydrogen-bond acceptors (Lipinski definition) is 5. The molecule has 0 radical (unpaired) electrons. The molecule has 0 saturated heterocycles. The van der Waals surface area contributed by atoms with Crippen LogP contribution in [0.2, 0.25) is 0 Å². The molecule has 0 unspecified atom stereocenters. The molecule has 6 nitrogen and oxygen atoms in total. The average molecular weight is 274 g/mol. The van der Waals surface area contributed by atoms with Gasteiger partial charge in [-0.1, -0.05) is 0 Å². The molecule has 0 amide bonds. The lowest BCUT2D eigenvalue weighted by Gasteiger charge is -1.98. The lowest BCUT2D eigenvalue weighted by Crippen LogP contribution is -2.00. The summed E-state index contributed by atoms with van der Waals surface area (Å²) in [5.41, 5.74) is 2.01. The first-order chi connectivity index (χ1) is 9.20. The van der Waals surface area contributed by atoms with Crippen molar-refractivity contribution >= 4 is 17.2 Å². The fraction of sp³-hybridized carbons (Fsp3) is 0.250. The molecule has 7 heteroatoms. The summed E-state index contributed by atoms with van der Waals surface area (Å²) >= 11 is 1.63. The summed E-state index contributed by atoms with van der Waals surface area (Å²) in [5, 5.41) is 14.7. The summed E-state index contributed by atoms with van der Waals surface area (Å²) in [7, 11) is 3.80. The third-order valence-corrected chi connectivity index (χ3v) is 3.54. The van der Waals surface area contributed by atoms with Gasteiger partial charge in [0.1, 0.15) is 10.8 Å². The highest BCUT2D eigenvalue weighted by Crippen LogP contribution is 2.21. The Morgan fingerprint density at radius 3 is 2.89 bits per heavy atom. The molecule has 3 heterocycles. The minimum absolute atomic E-state index is 0.682. The Bertz CT molecular complexity index is 680. The van der Waals surface area contributed by atoms with Crippen LogP contribution in [0.15, 0.2) is 30.0 Å². The molecule has 3 aromatic heterocycles. The second kappa shape index (κ2) is 4.85. The van der Waals surface area contributed by atoms with Crippen molar-refractivity contribution in [3.8, 4) is 11.3 Å². The third kappa shape index (κ3) is 2.65. The maximum atomic E-state index is 4.58. The summed E-state index contributed by atoms with van der Waals surface area (Å²) in [6.07, 6.45) is 5.70. The Balaban J connectivity index is 1.68. The minimum atomic E-state index is 0.682. The first kappa shape index (κ1) is 11.9. The number of nitrogens with zero attached hydrogens (tertiary/aromatic N) is 5. The van der Waals surface area contributed by atoms with Gasteiger partial charge in [0.15, 0.2) is 0 Å². The van der Waals surface area contributed by atoms with Gasteiger partial charge in [0.2, 0.25) is 0 Å². The summed E-state index contributed by atoms with van der Waals surface area (Å²) in [4.78, 5) is 4.58. The Labute approximate surface area is 114 Å². The number of anilines is 1. The van der Waals surface area contributed by atoms with E-state index in [4.69, 9.17) is 0 Å². The molecule has 0 aliphatic carbocycles. The standard InChI is InChI=1S/C12H14N6S/c1-17-4-3-11(16-17)13-6-12-15-10(8-19-12)9-5-14-18(2)7-9/h3-5,7-8H,6H2,1-2H3,(H,13,16). The first-order valence-corrected chi connectivity index (χ1v) is 6.75. The van der Waals surface area contributed by atoms with Crippen LogP contribution in [0, 0.1) is 0 Å². The summed E-state index contributed by atoms with van der Waals surface area (Å²) in [6, 6.07) is 1.94. The van der Waals surface area contributed by atoms with Crippen molar-refractivity contribution in [2.45, 2.75) is 6.54 Å². The number of hydrogen-bond donors (Lipinski definition) is 1. The van der Waals surface area contributed by atoms with Gasteiger partial charge in [-0.3, -0.25) is 9.36 Å².